The van der Waals surface area contributed by atoms with E-state index < -0.39 is 0 Å². The standard InChI is InChI=1S/C13H22BNO3/c1-9(16)11-7-6-10(8-15-11)14-17-12(2,3)13(4,5)18-14/h8,10-11H,6-7H2,1-5H3. The highest BCUT2D eigenvalue weighted by Gasteiger charge is 2.53. The van der Waals surface area contributed by atoms with Crippen LogP contribution in [0.3, 0.4) is 0 Å². The van der Waals surface area contributed by atoms with Gasteiger partial charge < -0.3 is 9.31 Å². The summed E-state index contributed by atoms with van der Waals surface area (Å²) in [5, 5.41) is 0. The molecule has 18 heavy (non-hydrogen) atoms. The summed E-state index contributed by atoms with van der Waals surface area (Å²) in [5.74, 6) is 0.292. The second-order valence-electron chi connectivity index (χ2n) is 6.29. The lowest BCUT2D eigenvalue weighted by Gasteiger charge is -2.32. The monoisotopic (exact) mass is 251 g/mol. The van der Waals surface area contributed by atoms with Crippen LogP contribution in [-0.2, 0) is 14.1 Å². The number of hydrogen-bond acceptors (Lipinski definition) is 4. The van der Waals surface area contributed by atoms with E-state index in [9.17, 15) is 4.79 Å². The number of carbonyl (C=O) groups excluding carboxylic acids is 1. The zero-order chi connectivity index (χ0) is 13.6. The van der Waals surface area contributed by atoms with E-state index in [0.717, 1.165) is 12.8 Å². The molecule has 0 bridgehead atoms. The van der Waals surface area contributed by atoms with Crippen LogP contribution in [0.25, 0.3) is 0 Å². The van der Waals surface area contributed by atoms with Gasteiger partial charge in [0.2, 0.25) is 0 Å². The van der Waals surface area contributed by atoms with Crippen LogP contribution in [0.1, 0.15) is 47.5 Å². The SMILES string of the molecule is CC(=O)C1CCC(B2OC(C)(C)C(C)(C)O2)C=N1. The first-order valence-electron chi connectivity index (χ1n) is 6.62. The lowest BCUT2D eigenvalue weighted by Crippen LogP contribution is -2.41. The molecule has 0 amide bonds. The third kappa shape index (κ3) is 2.38. The molecule has 5 heteroatoms. The van der Waals surface area contributed by atoms with E-state index in [1.807, 2.05) is 33.9 Å². The Bertz CT molecular complexity index is 362. The zero-order valence-electron chi connectivity index (χ0n) is 11.9. The first-order valence-corrected chi connectivity index (χ1v) is 6.62. The quantitative estimate of drug-likeness (QED) is 0.707. The molecule has 2 atom stereocenters. The van der Waals surface area contributed by atoms with Crippen molar-refractivity contribution in [3.63, 3.8) is 0 Å². The van der Waals surface area contributed by atoms with E-state index in [1.165, 1.54) is 0 Å². The van der Waals surface area contributed by atoms with Crippen molar-refractivity contribution in [2.75, 3.05) is 0 Å². The van der Waals surface area contributed by atoms with Crippen molar-refractivity contribution in [1.29, 1.82) is 0 Å². The van der Waals surface area contributed by atoms with Crippen LogP contribution in [0, 0.1) is 0 Å². The molecular weight excluding hydrogens is 229 g/mol. The highest BCUT2D eigenvalue weighted by Crippen LogP contribution is 2.41. The minimum Gasteiger partial charge on any atom is -0.403 e. The van der Waals surface area contributed by atoms with E-state index in [4.69, 9.17) is 9.31 Å². The molecule has 0 spiro atoms. The Morgan fingerprint density at radius 1 is 1.22 bits per heavy atom. The average molecular weight is 251 g/mol. The first kappa shape index (κ1) is 13.7. The van der Waals surface area contributed by atoms with Gasteiger partial charge in [0.25, 0.3) is 0 Å². The van der Waals surface area contributed by atoms with Crippen LogP contribution in [0.2, 0.25) is 5.82 Å². The average Bonchev–Trinajstić information content (AvgIpc) is 2.48. The van der Waals surface area contributed by atoms with Crippen molar-refractivity contribution in [1.82, 2.24) is 0 Å². The van der Waals surface area contributed by atoms with Gasteiger partial charge >= 0.3 is 7.12 Å². The molecule has 100 valence electrons. The van der Waals surface area contributed by atoms with Crippen molar-refractivity contribution in [3.05, 3.63) is 0 Å². The summed E-state index contributed by atoms with van der Waals surface area (Å²) in [6.07, 6.45) is 3.53. The molecule has 0 aromatic heterocycles. The molecule has 0 aliphatic carbocycles. The lowest BCUT2D eigenvalue weighted by molar-refractivity contribution is -0.118. The Hall–Kier alpha value is -0.675. The maximum absolute atomic E-state index is 11.3. The summed E-state index contributed by atoms with van der Waals surface area (Å²) in [4.78, 5) is 15.6. The Labute approximate surface area is 109 Å². The van der Waals surface area contributed by atoms with Crippen LogP contribution in [-0.4, -0.2) is 36.4 Å². The molecule has 2 aliphatic rings. The highest BCUT2D eigenvalue weighted by atomic mass is 16.7. The molecule has 2 rings (SSSR count). The van der Waals surface area contributed by atoms with Crippen molar-refractivity contribution in [2.24, 2.45) is 4.99 Å². The maximum atomic E-state index is 11.3. The van der Waals surface area contributed by atoms with E-state index in [2.05, 4.69) is 4.99 Å². The van der Waals surface area contributed by atoms with Crippen molar-refractivity contribution in [2.45, 2.75) is 70.5 Å². The summed E-state index contributed by atoms with van der Waals surface area (Å²) in [6, 6.07) is -0.163. The topological polar surface area (TPSA) is 47.9 Å². The van der Waals surface area contributed by atoms with Gasteiger partial charge in [-0.25, -0.2) is 0 Å². The first-order chi connectivity index (χ1) is 8.23. The minimum absolute atomic E-state index is 0.138. The zero-order valence-corrected chi connectivity index (χ0v) is 11.9. The van der Waals surface area contributed by atoms with Gasteiger partial charge in [-0.05, 0) is 47.5 Å². The molecule has 0 N–H and O–H groups in total. The van der Waals surface area contributed by atoms with Gasteiger partial charge in [0, 0.05) is 12.0 Å². The molecule has 2 aliphatic heterocycles. The van der Waals surface area contributed by atoms with E-state index in [-0.39, 0.29) is 36.0 Å². The molecule has 0 saturated carbocycles. The van der Waals surface area contributed by atoms with E-state index in [0.29, 0.717) is 0 Å². The van der Waals surface area contributed by atoms with Gasteiger partial charge in [-0.15, -0.1) is 0 Å². The Morgan fingerprint density at radius 2 is 1.78 bits per heavy atom. The van der Waals surface area contributed by atoms with Gasteiger partial charge in [-0.2, -0.15) is 0 Å². The Balaban J connectivity index is 2.04. The Morgan fingerprint density at radius 3 is 2.17 bits per heavy atom. The highest BCUT2D eigenvalue weighted by molar-refractivity contribution is 6.51. The number of rotatable bonds is 2. The second-order valence-corrected chi connectivity index (χ2v) is 6.29. The van der Waals surface area contributed by atoms with Gasteiger partial charge in [0.05, 0.1) is 11.2 Å². The molecule has 4 nitrogen and oxygen atoms in total. The van der Waals surface area contributed by atoms with Crippen LogP contribution in [0.5, 0.6) is 0 Å². The van der Waals surface area contributed by atoms with Gasteiger partial charge in [0.15, 0.2) is 5.78 Å². The van der Waals surface area contributed by atoms with Crippen molar-refractivity contribution in [3.8, 4) is 0 Å². The summed E-state index contributed by atoms with van der Waals surface area (Å²) in [7, 11) is -0.244. The van der Waals surface area contributed by atoms with Gasteiger partial charge in [-0.3, -0.25) is 9.79 Å². The smallest absolute Gasteiger partial charge is 0.403 e. The maximum Gasteiger partial charge on any atom is 0.466 e. The summed E-state index contributed by atoms with van der Waals surface area (Å²) < 4.78 is 12.0. The van der Waals surface area contributed by atoms with Gasteiger partial charge in [0.1, 0.15) is 6.04 Å². The lowest BCUT2D eigenvalue weighted by atomic mass is 9.68. The molecule has 2 heterocycles. The van der Waals surface area contributed by atoms with Crippen molar-refractivity contribution >= 4 is 19.1 Å². The fourth-order valence-electron chi connectivity index (χ4n) is 2.29. The summed E-state index contributed by atoms with van der Waals surface area (Å²) >= 11 is 0. The van der Waals surface area contributed by atoms with Crippen LogP contribution < -0.4 is 0 Å². The van der Waals surface area contributed by atoms with E-state index in [1.54, 1.807) is 6.92 Å². The normalized spacial score (nSPS) is 33.7. The largest absolute Gasteiger partial charge is 0.466 e. The number of ketones is 1. The fraction of sp³-hybridized carbons (Fsp3) is 0.846. The minimum atomic E-state index is -0.303. The molecule has 0 aromatic rings. The van der Waals surface area contributed by atoms with Crippen molar-refractivity contribution < 1.29 is 14.1 Å². The third-order valence-electron chi connectivity index (χ3n) is 4.32. The molecule has 1 fully saturated rings. The molecule has 2 unspecified atom stereocenters. The predicted octanol–water partition coefficient (Wildman–Crippen LogP) is 2.27. The third-order valence-corrected chi connectivity index (χ3v) is 4.32. The van der Waals surface area contributed by atoms with E-state index >= 15 is 0 Å². The fourth-order valence-corrected chi connectivity index (χ4v) is 2.29. The molecule has 1 saturated heterocycles. The number of nitrogens with zero attached hydrogens (tertiary/aromatic N) is 1. The molecule has 0 radical (unpaired) electrons. The molecular formula is C13H22BNO3. The van der Waals surface area contributed by atoms with Crippen LogP contribution in [0.4, 0.5) is 0 Å². The summed E-state index contributed by atoms with van der Waals surface area (Å²) in [5.41, 5.74) is -0.605. The second kappa shape index (κ2) is 4.46. The number of hydrogen-bond donors (Lipinski definition) is 0. The van der Waals surface area contributed by atoms with Crippen LogP contribution in [0.15, 0.2) is 4.99 Å². The Kier molecular flexibility index (Phi) is 3.41. The van der Waals surface area contributed by atoms with Crippen LogP contribution >= 0.6 is 0 Å². The summed E-state index contributed by atoms with van der Waals surface area (Å²) in [6.45, 7) is 9.78. The number of aliphatic imine (C=N–C) groups is 1. The van der Waals surface area contributed by atoms with Gasteiger partial charge in [-0.1, -0.05) is 0 Å². The number of carbonyl (C=O) groups is 1. The number of Topliss-reactive ketones (excluding diaryl/α,β-unsaturated/α-hetero) is 1. The predicted molar refractivity (Wildman–Crippen MR) is 72.0 cm³/mol. The molecule has 0 aromatic carbocycles.